The minimum absolute atomic E-state index is 0.124. The van der Waals surface area contributed by atoms with Gasteiger partial charge in [-0.1, -0.05) is 18.2 Å². The Labute approximate surface area is 138 Å². The molecule has 24 heavy (non-hydrogen) atoms. The van der Waals surface area contributed by atoms with E-state index in [1.165, 1.54) is 0 Å². The molecule has 2 aromatic carbocycles. The van der Waals surface area contributed by atoms with E-state index < -0.39 is 12.0 Å². The van der Waals surface area contributed by atoms with Gasteiger partial charge in [0.05, 0.1) is 5.52 Å². The number of hydrogen-bond acceptors (Lipinski definition) is 6. The summed E-state index contributed by atoms with van der Waals surface area (Å²) in [5.74, 6) is -0.114. The van der Waals surface area contributed by atoms with Gasteiger partial charge in [0.1, 0.15) is 17.6 Å². The summed E-state index contributed by atoms with van der Waals surface area (Å²) in [6, 6.07) is 13.1. The van der Waals surface area contributed by atoms with E-state index >= 15 is 0 Å². The van der Waals surface area contributed by atoms with Gasteiger partial charge < -0.3 is 20.8 Å². The number of fused-ring (bicyclic) bond motifs is 1. The van der Waals surface area contributed by atoms with Crippen molar-refractivity contribution in [3.05, 3.63) is 48.5 Å². The lowest BCUT2D eigenvalue weighted by Crippen LogP contribution is -2.26. The monoisotopic (exact) mass is 324 g/mol. The van der Waals surface area contributed by atoms with Crippen molar-refractivity contribution in [2.24, 2.45) is 0 Å². The first-order valence-electron chi connectivity index (χ1n) is 7.35. The molecule has 7 heteroatoms. The van der Waals surface area contributed by atoms with E-state index in [1.807, 2.05) is 24.3 Å². The molecule has 1 unspecified atom stereocenters. The first-order chi connectivity index (χ1) is 11.5. The minimum Gasteiger partial charge on any atom is -0.508 e. The van der Waals surface area contributed by atoms with Crippen molar-refractivity contribution in [1.82, 2.24) is 9.97 Å². The summed E-state index contributed by atoms with van der Waals surface area (Å²) in [5.41, 5.74) is 1.30. The minimum atomic E-state index is -0.972. The highest BCUT2D eigenvalue weighted by atomic mass is 16.4. The van der Waals surface area contributed by atoms with Crippen LogP contribution in [0.15, 0.2) is 48.5 Å². The predicted molar refractivity (Wildman–Crippen MR) is 91.6 cm³/mol. The molecule has 0 aliphatic heterocycles. The molecular weight excluding hydrogens is 308 g/mol. The summed E-state index contributed by atoms with van der Waals surface area (Å²) in [5, 5.41) is 25.3. The molecule has 0 saturated heterocycles. The van der Waals surface area contributed by atoms with E-state index in [0.29, 0.717) is 23.0 Å². The third kappa shape index (κ3) is 3.35. The number of anilines is 3. The quantitative estimate of drug-likeness (QED) is 0.571. The zero-order valence-corrected chi connectivity index (χ0v) is 12.9. The molecule has 1 aromatic heterocycles. The molecule has 0 saturated carbocycles. The molecule has 7 nitrogen and oxygen atoms in total. The van der Waals surface area contributed by atoms with Crippen molar-refractivity contribution in [1.29, 1.82) is 0 Å². The number of nitrogens with one attached hydrogen (secondary N) is 2. The first kappa shape index (κ1) is 15.5. The van der Waals surface area contributed by atoms with E-state index in [1.54, 1.807) is 31.2 Å². The number of phenolic OH excluding ortho intramolecular Hbond substituents is 1. The van der Waals surface area contributed by atoms with Gasteiger partial charge >= 0.3 is 5.97 Å². The number of nitrogens with zero attached hydrogens (tertiary/aromatic N) is 2. The number of aromatic nitrogens is 2. The Morgan fingerprint density at radius 3 is 2.67 bits per heavy atom. The fourth-order valence-electron chi connectivity index (χ4n) is 2.22. The highest BCUT2D eigenvalue weighted by Crippen LogP contribution is 2.25. The molecule has 0 amide bonds. The molecule has 3 rings (SSSR count). The van der Waals surface area contributed by atoms with Gasteiger partial charge in [0.25, 0.3) is 0 Å². The number of para-hydroxylation sites is 1. The van der Waals surface area contributed by atoms with Crippen LogP contribution in [-0.4, -0.2) is 32.2 Å². The van der Waals surface area contributed by atoms with Crippen LogP contribution in [0.1, 0.15) is 6.92 Å². The lowest BCUT2D eigenvalue weighted by molar-refractivity contribution is -0.137. The summed E-state index contributed by atoms with van der Waals surface area (Å²) in [7, 11) is 0. The van der Waals surface area contributed by atoms with Crippen molar-refractivity contribution in [2.75, 3.05) is 10.6 Å². The molecule has 0 fully saturated rings. The molecule has 0 aliphatic carbocycles. The van der Waals surface area contributed by atoms with Crippen molar-refractivity contribution >= 4 is 34.3 Å². The zero-order valence-electron chi connectivity index (χ0n) is 12.9. The van der Waals surface area contributed by atoms with E-state index in [2.05, 4.69) is 20.6 Å². The number of carbonyl (C=O) groups is 1. The fraction of sp³-hybridized carbons (Fsp3) is 0.118. The molecule has 4 N–H and O–H groups in total. The highest BCUT2D eigenvalue weighted by molar-refractivity contribution is 5.92. The average Bonchev–Trinajstić information content (AvgIpc) is 2.54. The van der Waals surface area contributed by atoms with Crippen LogP contribution in [0.4, 0.5) is 17.5 Å². The number of aromatic hydroxyl groups is 1. The van der Waals surface area contributed by atoms with Gasteiger partial charge in [-0.05, 0) is 31.2 Å². The van der Waals surface area contributed by atoms with Crippen molar-refractivity contribution in [2.45, 2.75) is 13.0 Å². The topological polar surface area (TPSA) is 107 Å². The smallest absolute Gasteiger partial charge is 0.325 e. The van der Waals surface area contributed by atoms with Gasteiger partial charge in [0, 0.05) is 17.1 Å². The lowest BCUT2D eigenvalue weighted by atomic mass is 10.2. The fourth-order valence-corrected chi connectivity index (χ4v) is 2.22. The number of carboxylic acids is 1. The van der Waals surface area contributed by atoms with Crippen LogP contribution < -0.4 is 10.6 Å². The Morgan fingerprint density at radius 1 is 1.12 bits per heavy atom. The number of benzene rings is 2. The summed E-state index contributed by atoms with van der Waals surface area (Å²) in [6.45, 7) is 1.54. The number of rotatable bonds is 5. The van der Waals surface area contributed by atoms with E-state index in [4.69, 9.17) is 5.11 Å². The molecule has 0 radical (unpaired) electrons. The maximum absolute atomic E-state index is 11.1. The Bertz CT molecular complexity index is 898. The highest BCUT2D eigenvalue weighted by Gasteiger charge is 2.14. The van der Waals surface area contributed by atoms with E-state index in [0.717, 1.165) is 5.39 Å². The number of hydrogen-bond donors (Lipinski definition) is 4. The first-order valence-corrected chi connectivity index (χ1v) is 7.35. The largest absolute Gasteiger partial charge is 0.508 e. The molecule has 1 heterocycles. The molecule has 3 aromatic rings. The van der Waals surface area contributed by atoms with Crippen molar-refractivity contribution in [3.8, 4) is 5.75 Å². The second-order valence-corrected chi connectivity index (χ2v) is 5.29. The third-order valence-electron chi connectivity index (χ3n) is 3.43. The average molecular weight is 324 g/mol. The standard InChI is InChI=1S/C17H16N4O3/c1-10(16(23)24)18-15-13-7-2-3-8-14(13)20-17(21-15)19-11-5-4-6-12(22)9-11/h2-10,22H,1H3,(H,23,24)(H2,18,19,20,21). The molecule has 1 atom stereocenters. The van der Waals surface area contributed by atoms with Crippen molar-refractivity contribution in [3.63, 3.8) is 0 Å². The molecule has 122 valence electrons. The SMILES string of the molecule is CC(Nc1nc(Nc2cccc(O)c2)nc2ccccc12)C(=O)O. The molecule has 0 aliphatic rings. The van der Waals surface area contributed by atoms with Gasteiger partial charge in [-0.2, -0.15) is 4.98 Å². The van der Waals surface area contributed by atoms with Gasteiger partial charge in [-0.15, -0.1) is 0 Å². The maximum Gasteiger partial charge on any atom is 0.325 e. The van der Waals surface area contributed by atoms with Crippen LogP contribution >= 0.6 is 0 Å². The Hall–Kier alpha value is -3.35. The zero-order chi connectivity index (χ0) is 17.1. The normalized spacial score (nSPS) is 11.9. The number of phenols is 1. The summed E-state index contributed by atoms with van der Waals surface area (Å²) in [4.78, 5) is 19.9. The van der Waals surface area contributed by atoms with Crippen LogP contribution in [0.25, 0.3) is 10.9 Å². The van der Waals surface area contributed by atoms with Crippen LogP contribution in [0.3, 0.4) is 0 Å². The van der Waals surface area contributed by atoms with Gasteiger partial charge in [-0.25, -0.2) is 4.98 Å². The van der Waals surface area contributed by atoms with Crippen LogP contribution in [-0.2, 0) is 4.79 Å². The van der Waals surface area contributed by atoms with Crippen LogP contribution in [0, 0.1) is 0 Å². The van der Waals surface area contributed by atoms with Crippen molar-refractivity contribution < 1.29 is 15.0 Å². The molecule has 0 spiro atoms. The van der Waals surface area contributed by atoms with E-state index in [9.17, 15) is 9.90 Å². The number of carboxylic acid groups (broad SMARTS) is 1. The molecular formula is C17H16N4O3. The van der Waals surface area contributed by atoms with Gasteiger partial charge in [0.2, 0.25) is 5.95 Å². The summed E-state index contributed by atoms with van der Waals surface area (Å²) < 4.78 is 0. The Kier molecular flexibility index (Phi) is 4.15. The summed E-state index contributed by atoms with van der Waals surface area (Å²) in [6.07, 6.45) is 0. The van der Waals surface area contributed by atoms with Crippen LogP contribution in [0.2, 0.25) is 0 Å². The Balaban J connectivity index is 2.01. The molecule has 0 bridgehead atoms. The number of aliphatic carboxylic acids is 1. The summed E-state index contributed by atoms with van der Waals surface area (Å²) >= 11 is 0. The lowest BCUT2D eigenvalue weighted by Gasteiger charge is -2.14. The Morgan fingerprint density at radius 2 is 1.92 bits per heavy atom. The maximum atomic E-state index is 11.1. The predicted octanol–water partition coefficient (Wildman–Crippen LogP) is 2.96. The van der Waals surface area contributed by atoms with Gasteiger partial charge in [0.15, 0.2) is 0 Å². The van der Waals surface area contributed by atoms with Gasteiger partial charge in [-0.3, -0.25) is 4.79 Å². The van der Waals surface area contributed by atoms with Crippen LogP contribution in [0.5, 0.6) is 5.75 Å². The second-order valence-electron chi connectivity index (χ2n) is 5.29. The van der Waals surface area contributed by atoms with E-state index in [-0.39, 0.29) is 5.75 Å². The second kappa shape index (κ2) is 6.41. The third-order valence-corrected chi connectivity index (χ3v) is 3.43.